The molecule has 0 radical (unpaired) electrons. The maximum Gasteiger partial charge on any atom is 0.341 e. The van der Waals surface area contributed by atoms with Gasteiger partial charge in [0.05, 0.1) is 19.6 Å². The van der Waals surface area contributed by atoms with Crippen LogP contribution in [0.4, 0.5) is 0 Å². The van der Waals surface area contributed by atoms with E-state index >= 15 is 0 Å². The number of ether oxygens (including phenoxy) is 2. The Morgan fingerprint density at radius 3 is 2.47 bits per heavy atom. The molecule has 1 atom stereocenters. The minimum Gasteiger partial charge on any atom is -0.466 e. The lowest BCUT2D eigenvalue weighted by Crippen LogP contribution is -2.18. The van der Waals surface area contributed by atoms with E-state index in [-0.39, 0.29) is 24.4 Å². The molecule has 17 heavy (non-hydrogen) atoms. The summed E-state index contributed by atoms with van der Waals surface area (Å²) in [6.45, 7) is 3.75. The number of carbonyl (C=O) groups excluding carboxylic acids is 3. The molecule has 0 aromatic heterocycles. The quantitative estimate of drug-likeness (QED) is 0.542. The summed E-state index contributed by atoms with van der Waals surface area (Å²) in [5.74, 6) is -2.08. The number of Topliss-reactive ketones (excluding diaryl/α,β-unsaturated/α-hetero) is 1. The topological polar surface area (TPSA) is 69.7 Å². The van der Waals surface area contributed by atoms with Crippen LogP contribution in [0.15, 0.2) is 11.1 Å². The molecule has 1 unspecified atom stereocenters. The van der Waals surface area contributed by atoms with Gasteiger partial charge in [-0.2, -0.15) is 0 Å². The van der Waals surface area contributed by atoms with Gasteiger partial charge in [-0.25, -0.2) is 4.79 Å². The van der Waals surface area contributed by atoms with Crippen molar-refractivity contribution < 1.29 is 23.9 Å². The Labute approximate surface area is 99.8 Å². The van der Waals surface area contributed by atoms with Crippen LogP contribution in [0.25, 0.3) is 0 Å². The van der Waals surface area contributed by atoms with Crippen molar-refractivity contribution in [1.82, 2.24) is 0 Å². The number of methoxy groups -OCH3 is 1. The highest BCUT2D eigenvalue weighted by atomic mass is 16.5. The van der Waals surface area contributed by atoms with Crippen molar-refractivity contribution in [3.05, 3.63) is 11.1 Å². The first kappa shape index (κ1) is 13.4. The minimum atomic E-state index is -0.668. The van der Waals surface area contributed by atoms with Gasteiger partial charge in [-0.05, 0) is 18.9 Å². The number of hydrogen-bond acceptors (Lipinski definition) is 5. The monoisotopic (exact) mass is 240 g/mol. The van der Waals surface area contributed by atoms with Crippen molar-refractivity contribution in [3.8, 4) is 0 Å². The Morgan fingerprint density at radius 1 is 1.35 bits per heavy atom. The lowest BCUT2D eigenvalue weighted by Gasteiger charge is -2.11. The predicted molar refractivity (Wildman–Crippen MR) is 59.1 cm³/mol. The van der Waals surface area contributed by atoms with Crippen LogP contribution in [-0.2, 0) is 23.9 Å². The summed E-state index contributed by atoms with van der Waals surface area (Å²) in [5.41, 5.74) is 0.549. The number of carbonyl (C=O) groups is 3. The van der Waals surface area contributed by atoms with Crippen molar-refractivity contribution in [2.45, 2.75) is 26.7 Å². The summed E-state index contributed by atoms with van der Waals surface area (Å²) < 4.78 is 9.45. The van der Waals surface area contributed by atoms with Crippen LogP contribution in [0.5, 0.6) is 0 Å². The lowest BCUT2D eigenvalue weighted by atomic mass is 9.98. The number of hydrogen-bond donors (Lipinski definition) is 0. The molecule has 0 aliphatic heterocycles. The molecule has 1 rings (SSSR count). The van der Waals surface area contributed by atoms with Gasteiger partial charge in [0.15, 0.2) is 5.78 Å². The zero-order valence-electron chi connectivity index (χ0n) is 10.2. The molecule has 0 fully saturated rings. The summed E-state index contributed by atoms with van der Waals surface area (Å²) >= 11 is 0. The number of ketones is 1. The Morgan fingerprint density at radius 2 is 2.00 bits per heavy atom. The molecule has 0 bridgehead atoms. The van der Waals surface area contributed by atoms with Crippen LogP contribution in [0, 0.1) is 5.92 Å². The Kier molecular flexibility index (Phi) is 4.43. The lowest BCUT2D eigenvalue weighted by molar-refractivity contribution is -0.147. The van der Waals surface area contributed by atoms with Crippen molar-refractivity contribution in [2.75, 3.05) is 13.7 Å². The fourth-order valence-corrected chi connectivity index (χ4v) is 2.00. The van der Waals surface area contributed by atoms with Crippen LogP contribution in [0.3, 0.4) is 0 Å². The Hall–Kier alpha value is -1.65. The van der Waals surface area contributed by atoms with E-state index < -0.39 is 17.9 Å². The van der Waals surface area contributed by atoms with E-state index in [0.29, 0.717) is 12.0 Å². The van der Waals surface area contributed by atoms with Crippen LogP contribution >= 0.6 is 0 Å². The summed E-state index contributed by atoms with van der Waals surface area (Å²) in [5, 5.41) is 0. The third kappa shape index (κ3) is 2.54. The number of rotatable bonds is 4. The van der Waals surface area contributed by atoms with E-state index in [2.05, 4.69) is 4.74 Å². The van der Waals surface area contributed by atoms with Gasteiger partial charge in [0, 0.05) is 6.42 Å². The van der Waals surface area contributed by atoms with Crippen molar-refractivity contribution in [1.29, 1.82) is 0 Å². The first-order chi connectivity index (χ1) is 8.06. The number of esters is 2. The van der Waals surface area contributed by atoms with Gasteiger partial charge in [-0.1, -0.05) is 6.92 Å². The fraction of sp³-hybridized carbons (Fsp3) is 0.583. The van der Waals surface area contributed by atoms with E-state index in [1.54, 1.807) is 13.8 Å². The normalized spacial score (nSPS) is 19.5. The van der Waals surface area contributed by atoms with E-state index in [9.17, 15) is 14.4 Å². The molecule has 94 valence electrons. The summed E-state index contributed by atoms with van der Waals surface area (Å²) in [6.07, 6.45) is 0.464. The molecule has 1 aliphatic rings. The third-order valence-electron chi connectivity index (χ3n) is 2.75. The van der Waals surface area contributed by atoms with Crippen LogP contribution in [0.1, 0.15) is 26.7 Å². The SMILES string of the molecule is CCOC(=O)C1CC(=O)C(C(=O)OC)=C1CC. The molecule has 0 saturated carbocycles. The highest BCUT2D eigenvalue weighted by Crippen LogP contribution is 2.33. The van der Waals surface area contributed by atoms with Gasteiger partial charge in [0.1, 0.15) is 5.57 Å². The van der Waals surface area contributed by atoms with Gasteiger partial charge in [0.25, 0.3) is 0 Å². The molecule has 5 nitrogen and oxygen atoms in total. The second kappa shape index (κ2) is 5.61. The zero-order valence-corrected chi connectivity index (χ0v) is 10.2. The average Bonchev–Trinajstić information content (AvgIpc) is 2.65. The highest BCUT2D eigenvalue weighted by molar-refractivity contribution is 6.21. The molecular formula is C12H16O5. The van der Waals surface area contributed by atoms with E-state index in [1.165, 1.54) is 7.11 Å². The van der Waals surface area contributed by atoms with Gasteiger partial charge in [0.2, 0.25) is 0 Å². The van der Waals surface area contributed by atoms with Crippen LogP contribution < -0.4 is 0 Å². The second-order valence-electron chi connectivity index (χ2n) is 3.68. The second-order valence-corrected chi connectivity index (χ2v) is 3.68. The van der Waals surface area contributed by atoms with Crippen molar-refractivity contribution in [2.24, 2.45) is 5.92 Å². The van der Waals surface area contributed by atoms with Crippen molar-refractivity contribution in [3.63, 3.8) is 0 Å². The maximum absolute atomic E-state index is 11.7. The Bertz CT molecular complexity index is 380. The molecular weight excluding hydrogens is 224 g/mol. The van der Waals surface area contributed by atoms with E-state index in [4.69, 9.17) is 4.74 Å². The molecule has 5 heteroatoms. The largest absolute Gasteiger partial charge is 0.466 e. The predicted octanol–water partition coefficient (Wildman–Crippen LogP) is 1.02. The van der Waals surface area contributed by atoms with Crippen LogP contribution in [-0.4, -0.2) is 31.4 Å². The van der Waals surface area contributed by atoms with Gasteiger partial charge in [-0.3, -0.25) is 9.59 Å². The van der Waals surface area contributed by atoms with E-state index in [0.717, 1.165) is 0 Å². The van der Waals surface area contributed by atoms with Crippen molar-refractivity contribution >= 4 is 17.7 Å². The van der Waals surface area contributed by atoms with E-state index in [1.807, 2.05) is 0 Å². The molecule has 0 aromatic carbocycles. The Balaban J connectivity index is 3.06. The third-order valence-corrected chi connectivity index (χ3v) is 2.75. The molecule has 0 spiro atoms. The maximum atomic E-state index is 11.7. The highest BCUT2D eigenvalue weighted by Gasteiger charge is 2.40. The van der Waals surface area contributed by atoms with Crippen LogP contribution in [0.2, 0.25) is 0 Å². The average molecular weight is 240 g/mol. The molecule has 1 aliphatic carbocycles. The van der Waals surface area contributed by atoms with Gasteiger partial charge >= 0.3 is 11.9 Å². The van der Waals surface area contributed by atoms with Gasteiger partial charge < -0.3 is 9.47 Å². The summed E-state index contributed by atoms with van der Waals surface area (Å²) in [7, 11) is 1.22. The summed E-state index contributed by atoms with van der Waals surface area (Å²) in [6, 6.07) is 0. The molecule has 0 aromatic rings. The van der Waals surface area contributed by atoms with Gasteiger partial charge in [-0.15, -0.1) is 0 Å². The molecule has 0 saturated heterocycles. The zero-order chi connectivity index (χ0) is 13.0. The fourth-order valence-electron chi connectivity index (χ4n) is 2.00. The molecule has 0 N–H and O–H groups in total. The smallest absolute Gasteiger partial charge is 0.341 e. The molecule has 0 amide bonds. The first-order valence-electron chi connectivity index (χ1n) is 5.57. The molecule has 0 heterocycles. The standard InChI is InChI=1S/C12H16O5/c1-4-7-8(11(14)17-5-2)6-9(13)10(7)12(15)16-3/h8H,4-6H2,1-3H3. The summed E-state index contributed by atoms with van der Waals surface area (Å²) in [4.78, 5) is 34.8. The minimum absolute atomic E-state index is 0.00639. The first-order valence-corrected chi connectivity index (χ1v) is 5.57.